The highest BCUT2D eigenvalue weighted by molar-refractivity contribution is 7.80. The minimum absolute atomic E-state index is 0.552. The van der Waals surface area contributed by atoms with E-state index in [1.165, 1.54) is 0 Å². The minimum Gasteiger partial charge on any atom is -0.495 e. The van der Waals surface area contributed by atoms with E-state index in [0.29, 0.717) is 10.9 Å². The zero-order valence-corrected chi connectivity index (χ0v) is 8.32. The number of benzene rings is 1. The van der Waals surface area contributed by atoms with Gasteiger partial charge in [-0.05, 0) is 18.2 Å². The smallest absolute Gasteiger partial charge is 0.142 e. The van der Waals surface area contributed by atoms with Gasteiger partial charge in [-0.25, -0.2) is 0 Å². The molecule has 0 aliphatic heterocycles. The quantitative estimate of drug-likeness (QED) is 0.582. The van der Waals surface area contributed by atoms with E-state index in [4.69, 9.17) is 16.3 Å². The monoisotopic (exact) mass is 203 g/mol. The van der Waals surface area contributed by atoms with Crippen molar-refractivity contribution in [1.29, 1.82) is 0 Å². The molecule has 66 valence electrons. The van der Waals surface area contributed by atoms with Gasteiger partial charge in [0, 0.05) is 5.02 Å². The van der Waals surface area contributed by atoms with Crippen molar-refractivity contribution in [3.05, 3.63) is 23.2 Å². The second-order valence-electron chi connectivity index (χ2n) is 2.18. The molecule has 0 aromatic heterocycles. The Balaban J connectivity index is 2.95. The Kier molecular flexibility index (Phi) is 3.56. The van der Waals surface area contributed by atoms with Gasteiger partial charge in [-0.15, -0.1) is 0 Å². The third-order valence-corrected chi connectivity index (χ3v) is 1.82. The predicted octanol–water partition coefficient (Wildman–Crippen LogP) is 2.65. The maximum absolute atomic E-state index is 5.79. The summed E-state index contributed by atoms with van der Waals surface area (Å²) in [4.78, 5) is 0. The molecular formula is C8H10ClNOS. The van der Waals surface area contributed by atoms with Crippen LogP contribution in [-0.2, 0) is 0 Å². The Bertz CT molecular complexity index is 267. The molecule has 1 aromatic rings. The van der Waals surface area contributed by atoms with Crippen LogP contribution < -0.4 is 10.1 Å². The Morgan fingerprint density at radius 1 is 1.58 bits per heavy atom. The van der Waals surface area contributed by atoms with Crippen molar-refractivity contribution in [1.82, 2.24) is 0 Å². The molecular weight excluding hydrogens is 194 g/mol. The molecule has 4 heteroatoms. The molecule has 0 saturated heterocycles. The summed E-state index contributed by atoms with van der Waals surface area (Å²) in [7, 11) is 1.62. The Labute approximate surface area is 82.3 Å². The van der Waals surface area contributed by atoms with E-state index >= 15 is 0 Å². The van der Waals surface area contributed by atoms with Gasteiger partial charge in [-0.2, -0.15) is 12.6 Å². The molecule has 0 spiro atoms. The zero-order valence-electron chi connectivity index (χ0n) is 6.67. The summed E-state index contributed by atoms with van der Waals surface area (Å²) in [6.45, 7) is 0. The van der Waals surface area contributed by atoms with Crippen LogP contribution in [0.15, 0.2) is 18.2 Å². The molecule has 0 fully saturated rings. The highest BCUT2D eigenvalue weighted by Crippen LogP contribution is 2.27. The minimum atomic E-state index is 0.552. The molecule has 0 bridgehead atoms. The molecule has 0 aliphatic rings. The Hall–Kier alpha value is -0.540. The second kappa shape index (κ2) is 4.48. The number of halogens is 1. The Morgan fingerprint density at radius 3 is 2.92 bits per heavy atom. The van der Waals surface area contributed by atoms with Crippen LogP contribution in [-0.4, -0.2) is 13.0 Å². The van der Waals surface area contributed by atoms with Crippen molar-refractivity contribution in [3.63, 3.8) is 0 Å². The van der Waals surface area contributed by atoms with Crippen molar-refractivity contribution >= 4 is 29.9 Å². The van der Waals surface area contributed by atoms with E-state index < -0.39 is 0 Å². The van der Waals surface area contributed by atoms with Gasteiger partial charge in [0.2, 0.25) is 0 Å². The average molecular weight is 204 g/mol. The van der Waals surface area contributed by atoms with E-state index in [9.17, 15) is 0 Å². The van der Waals surface area contributed by atoms with Gasteiger partial charge in [0.1, 0.15) is 5.75 Å². The van der Waals surface area contributed by atoms with Crippen molar-refractivity contribution in [3.8, 4) is 5.75 Å². The largest absolute Gasteiger partial charge is 0.495 e. The lowest BCUT2D eigenvalue weighted by Crippen LogP contribution is -1.97. The summed E-state index contributed by atoms with van der Waals surface area (Å²) in [5.41, 5.74) is 0.861. The van der Waals surface area contributed by atoms with Crippen LogP contribution in [0.5, 0.6) is 5.75 Å². The standard InChI is InChI=1S/C8H10ClNOS/c1-11-8-3-2-6(9)4-7(8)10-5-12/h2-4,10,12H,5H2,1H3. The lowest BCUT2D eigenvalue weighted by Gasteiger charge is -2.08. The molecule has 0 amide bonds. The highest BCUT2D eigenvalue weighted by atomic mass is 35.5. The zero-order chi connectivity index (χ0) is 8.97. The number of hydrogen-bond donors (Lipinski definition) is 2. The van der Waals surface area contributed by atoms with Crippen molar-refractivity contribution in [2.75, 3.05) is 18.3 Å². The first-order chi connectivity index (χ1) is 5.77. The summed E-state index contributed by atoms with van der Waals surface area (Å²) in [6.07, 6.45) is 0. The Morgan fingerprint density at radius 2 is 2.33 bits per heavy atom. The summed E-state index contributed by atoms with van der Waals surface area (Å²) in [5, 5.41) is 3.70. The van der Waals surface area contributed by atoms with E-state index in [-0.39, 0.29) is 0 Å². The average Bonchev–Trinajstić information content (AvgIpc) is 2.05. The van der Waals surface area contributed by atoms with Crippen molar-refractivity contribution < 1.29 is 4.74 Å². The third-order valence-electron chi connectivity index (χ3n) is 1.43. The summed E-state index contributed by atoms with van der Waals surface area (Å²) in [5.74, 6) is 1.32. The first-order valence-corrected chi connectivity index (χ1v) is 4.47. The van der Waals surface area contributed by atoms with Gasteiger partial charge in [-0.1, -0.05) is 11.6 Å². The van der Waals surface area contributed by atoms with Gasteiger partial charge in [0.25, 0.3) is 0 Å². The summed E-state index contributed by atoms with van der Waals surface area (Å²) in [6, 6.07) is 5.40. The van der Waals surface area contributed by atoms with Crippen LogP contribution in [0.3, 0.4) is 0 Å². The number of hydrogen-bond acceptors (Lipinski definition) is 3. The lowest BCUT2D eigenvalue weighted by atomic mass is 10.3. The third kappa shape index (κ3) is 2.22. The fraction of sp³-hybridized carbons (Fsp3) is 0.250. The molecule has 0 radical (unpaired) electrons. The SMILES string of the molecule is COc1ccc(Cl)cc1NCS. The van der Waals surface area contributed by atoms with Gasteiger partial charge in [-0.3, -0.25) is 0 Å². The normalized spacial score (nSPS) is 9.58. The highest BCUT2D eigenvalue weighted by Gasteiger charge is 2.00. The maximum Gasteiger partial charge on any atom is 0.142 e. The number of thiol groups is 1. The molecule has 0 saturated carbocycles. The van der Waals surface area contributed by atoms with Crippen molar-refractivity contribution in [2.24, 2.45) is 0 Å². The van der Waals surface area contributed by atoms with Crippen LogP contribution >= 0.6 is 24.2 Å². The lowest BCUT2D eigenvalue weighted by molar-refractivity contribution is 0.416. The van der Waals surface area contributed by atoms with Crippen LogP contribution in [0.4, 0.5) is 5.69 Å². The maximum atomic E-state index is 5.79. The summed E-state index contributed by atoms with van der Waals surface area (Å²) < 4.78 is 5.10. The van der Waals surface area contributed by atoms with Gasteiger partial charge in [0.15, 0.2) is 0 Å². The van der Waals surface area contributed by atoms with Crippen LogP contribution in [0, 0.1) is 0 Å². The number of ether oxygens (including phenoxy) is 1. The first kappa shape index (κ1) is 9.55. The fourth-order valence-electron chi connectivity index (χ4n) is 0.904. The number of anilines is 1. The van der Waals surface area contributed by atoms with Crippen LogP contribution in [0.2, 0.25) is 5.02 Å². The topological polar surface area (TPSA) is 21.3 Å². The molecule has 0 heterocycles. The first-order valence-electron chi connectivity index (χ1n) is 3.46. The molecule has 12 heavy (non-hydrogen) atoms. The predicted molar refractivity (Wildman–Crippen MR) is 55.5 cm³/mol. The fourth-order valence-corrected chi connectivity index (χ4v) is 1.25. The van der Waals surface area contributed by atoms with E-state index in [1.54, 1.807) is 19.2 Å². The number of nitrogens with one attached hydrogen (secondary N) is 1. The molecule has 1 N–H and O–H groups in total. The molecule has 0 aliphatic carbocycles. The molecule has 1 aromatic carbocycles. The van der Waals surface area contributed by atoms with Crippen molar-refractivity contribution in [2.45, 2.75) is 0 Å². The van der Waals surface area contributed by atoms with E-state index in [2.05, 4.69) is 17.9 Å². The second-order valence-corrected chi connectivity index (χ2v) is 2.93. The molecule has 0 atom stereocenters. The molecule has 1 rings (SSSR count). The van der Waals surface area contributed by atoms with Gasteiger partial charge < -0.3 is 10.1 Å². The van der Waals surface area contributed by atoms with E-state index in [0.717, 1.165) is 11.4 Å². The van der Waals surface area contributed by atoms with Gasteiger partial charge >= 0.3 is 0 Å². The number of methoxy groups -OCH3 is 1. The van der Waals surface area contributed by atoms with Crippen LogP contribution in [0.1, 0.15) is 0 Å². The summed E-state index contributed by atoms with van der Waals surface area (Å²) >= 11 is 9.83. The van der Waals surface area contributed by atoms with Crippen LogP contribution in [0.25, 0.3) is 0 Å². The van der Waals surface area contributed by atoms with E-state index in [1.807, 2.05) is 6.07 Å². The number of rotatable bonds is 3. The molecule has 0 unspecified atom stereocenters. The van der Waals surface area contributed by atoms with Gasteiger partial charge in [0.05, 0.1) is 18.7 Å². The molecule has 2 nitrogen and oxygen atoms in total.